The van der Waals surface area contributed by atoms with Crippen molar-refractivity contribution in [3.05, 3.63) is 99.1 Å². The van der Waals surface area contributed by atoms with Crippen molar-refractivity contribution in [2.75, 3.05) is 4.90 Å². The number of halogens is 1. The Labute approximate surface area is 201 Å². The summed E-state index contributed by atoms with van der Waals surface area (Å²) in [5.41, 5.74) is 6.54. The minimum Gasteiger partial charge on any atom is -0.274 e. The van der Waals surface area contributed by atoms with E-state index in [1.807, 2.05) is 37.3 Å². The lowest BCUT2D eigenvalue weighted by atomic mass is 9.73. The highest BCUT2D eigenvalue weighted by molar-refractivity contribution is 14.1. The van der Waals surface area contributed by atoms with Gasteiger partial charge in [-0.05, 0) is 93.8 Å². The molecule has 1 aliphatic heterocycles. The van der Waals surface area contributed by atoms with Gasteiger partial charge in [0, 0.05) is 3.57 Å². The highest BCUT2D eigenvalue weighted by Gasteiger charge is 2.64. The molecule has 3 aromatic rings. The van der Waals surface area contributed by atoms with Crippen molar-refractivity contribution in [2.24, 2.45) is 23.7 Å². The monoisotopic (exact) mass is 531 g/mol. The molecule has 4 heteroatoms. The van der Waals surface area contributed by atoms with Gasteiger partial charge in [-0.3, -0.25) is 9.59 Å². The molecule has 1 heterocycles. The summed E-state index contributed by atoms with van der Waals surface area (Å²) in [7, 11) is 0. The number of amides is 2. The van der Waals surface area contributed by atoms with E-state index in [9.17, 15) is 9.59 Å². The average Bonchev–Trinajstić information content (AvgIpc) is 3.45. The van der Waals surface area contributed by atoms with Crippen LogP contribution in [0.25, 0.3) is 11.1 Å². The van der Waals surface area contributed by atoms with Crippen LogP contribution in [0.1, 0.15) is 23.1 Å². The number of aryl methyl sites for hydroxylation is 1. The number of carbonyl (C=O) groups excluding carboxylic acids is 2. The van der Waals surface area contributed by atoms with Crippen molar-refractivity contribution >= 4 is 51.2 Å². The fraction of sp³-hybridized carbons (Fsp3) is 0.214. The van der Waals surface area contributed by atoms with Gasteiger partial charge in [0.1, 0.15) is 0 Å². The number of rotatable bonds is 3. The smallest absolute Gasteiger partial charge is 0.238 e. The molecule has 0 aromatic heterocycles. The Morgan fingerprint density at radius 2 is 1.25 bits per heavy atom. The fourth-order valence-corrected chi connectivity index (χ4v) is 6.85. The summed E-state index contributed by atoms with van der Waals surface area (Å²) in [5.74, 6) is -0.446. The van der Waals surface area contributed by atoms with E-state index < -0.39 is 0 Å². The van der Waals surface area contributed by atoms with Crippen LogP contribution in [-0.4, -0.2) is 11.8 Å². The number of hydrogen-bond donors (Lipinski definition) is 0. The molecule has 158 valence electrons. The predicted octanol–water partition coefficient (Wildman–Crippen LogP) is 5.97. The van der Waals surface area contributed by atoms with Gasteiger partial charge in [0.05, 0.1) is 17.5 Å². The third-order valence-corrected chi connectivity index (χ3v) is 8.04. The Balaban J connectivity index is 1.49. The number of hydrogen-bond acceptors (Lipinski definition) is 2. The van der Waals surface area contributed by atoms with E-state index in [1.54, 1.807) is 0 Å². The molecule has 6 rings (SSSR count). The van der Waals surface area contributed by atoms with Crippen molar-refractivity contribution in [1.82, 2.24) is 0 Å². The van der Waals surface area contributed by atoms with Crippen LogP contribution in [0.3, 0.4) is 0 Å². The van der Waals surface area contributed by atoms with Gasteiger partial charge in [-0.15, -0.1) is 0 Å². The minimum atomic E-state index is -0.270. The predicted molar refractivity (Wildman–Crippen MR) is 135 cm³/mol. The van der Waals surface area contributed by atoms with Crippen molar-refractivity contribution in [3.63, 3.8) is 0 Å². The summed E-state index contributed by atoms with van der Waals surface area (Å²) in [6.45, 7) is 1.98. The largest absolute Gasteiger partial charge is 0.274 e. The van der Waals surface area contributed by atoms with Crippen molar-refractivity contribution in [1.29, 1.82) is 0 Å². The van der Waals surface area contributed by atoms with E-state index >= 15 is 0 Å². The van der Waals surface area contributed by atoms with Gasteiger partial charge in [0.15, 0.2) is 0 Å². The zero-order chi connectivity index (χ0) is 22.0. The summed E-state index contributed by atoms with van der Waals surface area (Å²) < 4.78 is 1.10. The van der Waals surface area contributed by atoms with Crippen LogP contribution in [0, 0.1) is 34.2 Å². The van der Waals surface area contributed by atoms with E-state index in [0.29, 0.717) is 0 Å². The maximum Gasteiger partial charge on any atom is 0.238 e. The number of imide groups is 1. The highest BCUT2D eigenvalue weighted by atomic mass is 127. The first-order valence-corrected chi connectivity index (χ1v) is 12.1. The minimum absolute atomic E-state index is 0.0302. The number of carbonyl (C=O) groups is 2. The van der Waals surface area contributed by atoms with Gasteiger partial charge in [0.25, 0.3) is 0 Å². The third-order valence-electron chi connectivity index (χ3n) is 7.37. The van der Waals surface area contributed by atoms with Gasteiger partial charge in [-0.2, -0.15) is 0 Å². The highest BCUT2D eigenvalue weighted by Crippen LogP contribution is 2.64. The SMILES string of the molecule is Cc1cc(I)ccc1N1C(=O)[C@@H]2[C@H](C1=O)[C@@H]1C[C@@H]2C(c2ccccc2)=C1c1ccccc1. The zero-order valence-electron chi connectivity index (χ0n) is 17.7. The van der Waals surface area contributed by atoms with Crippen LogP contribution < -0.4 is 4.90 Å². The van der Waals surface area contributed by atoms with Crippen molar-refractivity contribution in [2.45, 2.75) is 13.3 Å². The summed E-state index contributed by atoms with van der Waals surface area (Å²) in [4.78, 5) is 28.9. The molecule has 3 aliphatic rings. The molecule has 2 fully saturated rings. The molecule has 0 spiro atoms. The Hall–Kier alpha value is -2.73. The molecule has 3 nitrogen and oxygen atoms in total. The summed E-state index contributed by atoms with van der Waals surface area (Å²) >= 11 is 2.26. The maximum atomic E-state index is 13.7. The third kappa shape index (κ3) is 2.78. The van der Waals surface area contributed by atoms with E-state index in [1.165, 1.54) is 27.2 Å². The molecule has 1 saturated heterocycles. The maximum absolute atomic E-state index is 13.7. The van der Waals surface area contributed by atoms with E-state index in [-0.39, 0.29) is 35.5 Å². The first-order chi connectivity index (χ1) is 15.6. The Bertz CT molecular complexity index is 1210. The van der Waals surface area contributed by atoms with Gasteiger partial charge in [0.2, 0.25) is 11.8 Å². The molecule has 2 bridgehead atoms. The Kier molecular flexibility index (Phi) is 4.61. The summed E-state index contributed by atoms with van der Waals surface area (Å²) in [6, 6.07) is 26.7. The summed E-state index contributed by atoms with van der Waals surface area (Å²) in [5, 5.41) is 0. The van der Waals surface area contributed by atoms with E-state index in [4.69, 9.17) is 0 Å². The molecule has 2 amide bonds. The lowest BCUT2D eigenvalue weighted by Crippen LogP contribution is -2.33. The van der Waals surface area contributed by atoms with Crippen LogP contribution >= 0.6 is 22.6 Å². The second-order valence-corrected chi connectivity index (χ2v) is 10.2. The molecule has 2 aliphatic carbocycles. The molecular weight excluding hydrogens is 509 g/mol. The number of allylic oxidation sites excluding steroid dienone is 2. The van der Waals surface area contributed by atoms with Crippen LogP contribution in [0.15, 0.2) is 78.9 Å². The van der Waals surface area contributed by atoms with E-state index in [2.05, 4.69) is 71.1 Å². The quantitative estimate of drug-likeness (QED) is 0.309. The number of benzene rings is 3. The molecule has 3 aromatic carbocycles. The topological polar surface area (TPSA) is 37.4 Å². The molecule has 0 radical (unpaired) electrons. The Morgan fingerprint density at radius 1 is 0.750 bits per heavy atom. The lowest BCUT2D eigenvalue weighted by molar-refractivity contribution is -0.123. The standard InChI is InChI=1S/C28H22INO2/c1-16-14-19(29)12-13-22(16)30-27(31)25-20-15-21(26(25)28(30)32)24(18-10-6-3-7-11-18)23(20)17-8-4-2-5-9-17/h2-14,20-21,25-26H,15H2,1H3/t20-,21-,25-,26+/m1/s1. The molecular formula is C28H22INO2. The molecule has 1 saturated carbocycles. The van der Waals surface area contributed by atoms with E-state index in [0.717, 1.165) is 21.2 Å². The Morgan fingerprint density at radius 3 is 1.72 bits per heavy atom. The van der Waals surface area contributed by atoms with Crippen molar-refractivity contribution in [3.8, 4) is 0 Å². The van der Waals surface area contributed by atoms with Crippen LogP contribution in [0.4, 0.5) is 5.69 Å². The van der Waals surface area contributed by atoms with Gasteiger partial charge < -0.3 is 0 Å². The second kappa shape index (κ2) is 7.41. The van der Waals surface area contributed by atoms with Gasteiger partial charge in [-0.25, -0.2) is 4.90 Å². The normalized spacial score (nSPS) is 26.2. The summed E-state index contributed by atoms with van der Waals surface area (Å²) in [6.07, 6.45) is 0.876. The zero-order valence-corrected chi connectivity index (χ0v) is 19.8. The average molecular weight is 531 g/mol. The lowest BCUT2D eigenvalue weighted by Gasteiger charge is -2.27. The molecule has 32 heavy (non-hydrogen) atoms. The molecule has 4 atom stereocenters. The number of anilines is 1. The first kappa shape index (κ1) is 19.9. The van der Waals surface area contributed by atoms with Crippen LogP contribution in [0.5, 0.6) is 0 Å². The number of nitrogens with zero attached hydrogens (tertiary/aromatic N) is 1. The number of fused-ring (bicyclic) bond motifs is 5. The van der Waals surface area contributed by atoms with Gasteiger partial charge in [-0.1, -0.05) is 60.7 Å². The van der Waals surface area contributed by atoms with Gasteiger partial charge >= 0.3 is 0 Å². The first-order valence-electron chi connectivity index (χ1n) is 11.0. The van der Waals surface area contributed by atoms with Crippen LogP contribution in [0.2, 0.25) is 0 Å². The fourth-order valence-electron chi connectivity index (χ4n) is 6.20. The molecule has 0 unspecified atom stereocenters. The van der Waals surface area contributed by atoms with Crippen molar-refractivity contribution < 1.29 is 9.59 Å². The molecule has 0 N–H and O–H groups in total. The second-order valence-electron chi connectivity index (χ2n) is 9.00. The van der Waals surface area contributed by atoms with Crippen LogP contribution in [-0.2, 0) is 9.59 Å².